The number of carbonyl (C=O) groups is 3. The fraction of sp³-hybridized carbons (Fsp3) is 0.786. The molecule has 0 spiro atoms. The first-order chi connectivity index (χ1) is 9.43. The first-order valence-corrected chi connectivity index (χ1v) is 7.10. The molecule has 1 heterocycles. The predicted molar refractivity (Wildman–Crippen MR) is 72.0 cm³/mol. The molecule has 20 heavy (non-hydrogen) atoms. The molecule has 1 atom stereocenters. The van der Waals surface area contributed by atoms with Gasteiger partial charge < -0.3 is 14.7 Å². The Balaban J connectivity index is 2.35. The number of piperidine rings is 1. The number of hydrogen-bond acceptors (Lipinski definition) is 4. The van der Waals surface area contributed by atoms with E-state index in [-0.39, 0.29) is 36.6 Å². The Kier molecular flexibility index (Phi) is 6.48. The molecule has 1 saturated heterocycles. The minimum atomic E-state index is -0.883. The van der Waals surface area contributed by atoms with Gasteiger partial charge in [0.2, 0.25) is 5.91 Å². The summed E-state index contributed by atoms with van der Waals surface area (Å²) < 4.78 is 4.98. The number of carbonyl (C=O) groups excluding carboxylic acids is 2. The lowest BCUT2D eigenvalue weighted by molar-refractivity contribution is -0.151. The van der Waals surface area contributed by atoms with E-state index in [9.17, 15) is 14.4 Å². The van der Waals surface area contributed by atoms with Crippen molar-refractivity contribution in [3.8, 4) is 0 Å². The van der Waals surface area contributed by atoms with Crippen LogP contribution < -0.4 is 0 Å². The van der Waals surface area contributed by atoms with Crippen LogP contribution in [0.3, 0.4) is 0 Å². The third kappa shape index (κ3) is 5.19. The zero-order valence-corrected chi connectivity index (χ0v) is 12.1. The summed E-state index contributed by atoms with van der Waals surface area (Å²) in [5, 5.41) is 8.68. The summed E-state index contributed by atoms with van der Waals surface area (Å²) in [6, 6.07) is 0. The van der Waals surface area contributed by atoms with Gasteiger partial charge in [0, 0.05) is 25.9 Å². The number of hydrogen-bond donors (Lipinski definition) is 1. The van der Waals surface area contributed by atoms with Crippen molar-refractivity contribution in [2.45, 2.75) is 39.5 Å². The number of amides is 1. The van der Waals surface area contributed by atoms with Crippen molar-refractivity contribution in [2.24, 2.45) is 11.8 Å². The topological polar surface area (TPSA) is 83.9 Å². The standard InChI is InChI=1S/C14H23NO5/c1-3-20-14(19)11-4-6-15(7-5-11)12(16)8-10(2)9-13(17)18/h10-11H,3-9H2,1-2H3,(H,17,18)/t10-/m0/s1. The number of aliphatic carboxylic acids is 1. The number of ether oxygens (including phenoxy) is 1. The molecule has 0 aromatic heterocycles. The third-order valence-electron chi connectivity index (χ3n) is 3.51. The number of esters is 1. The highest BCUT2D eigenvalue weighted by Crippen LogP contribution is 2.20. The highest BCUT2D eigenvalue weighted by molar-refractivity contribution is 5.78. The molecule has 1 fully saturated rings. The van der Waals surface area contributed by atoms with Gasteiger partial charge in [-0.3, -0.25) is 14.4 Å². The Bertz CT molecular complexity index is 361. The molecule has 1 amide bonds. The summed E-state index contributed by atoms with van der Waals surface area (Å²) >= 11 is 0. The molecule has 0 bridgehead atoms. The molecule has 6 nitrogen and oxygen atoms in total. The number of carboxylic acid groups (broad SMARTS) is 1. The van der Waals surface area contributed by atoms with Crippen LogP contribution in [0.15, 0.2) is 0 Å². The first kappa shape index (κ1) is 16.5. The van der Waals surface area contributed by atoms with E-state index in [4.69, 9.17) is 9.84 Å². The Morgan fingerprint density at radius 1 is 1.25 bits per heavy atom. The van der Waals surface area contributed by atoms with Gasteiger partial charge in [0.05, 0.1) is 12.5 Å². The second-order valence-corrected chi connectivity index (χ2v) is 5.31. The number of likely N-dealkylation sites (tertiary alicyclic amines) is 1. The van der Waals surface area contributed by atoms with Crippen LogP contribution in [-0.4, -0.2) is 47.5 Å². The van der Waals surface area contributed by atoms with Gasteiger partial charge in [-0.25, -0.2) is 0 Å². The lowest BCUT2D eigenvalue weighted by atomic mass is 9.96. The maximum absolute atomic E-state index is 12.0. The van der Waals surface area contributed by atoms with Crippen molar-refractivity contribution in [3.63, 3.8) is 0 Å². The lowest BCUT2D eigenvalue weighted by Gasteiger charge is -2.31. The van der Waals surface area contributed by atoms with Gasteiger partial charge in [-0.2, -0.15) is 0 Å². The molecular formula is C14H23NO5. The van der Waals surface area contributed by atoms with E-state index in [2.05, 4.69) is 0 Å². The molecule has 0 unspecified atom stereocenters. The summed E-state index contributed by atoms with van der Waals surface area (Å²) in [4.78, 5) is 35.9. The average Bonchev–Trinajstić information content (AvgIpc) is 2.38. The molecular weight excluding hydrogens is 262 g/mol. The average molecular weight is 285 g/mol. The molecule has 1 N–H and O–H groups in total. The third-order valence-corrected chi connectivity index (χ3v) is 3.51. The Labute approximate surface area is 119 Å². The van der Waals surface area contributed by atoms with Gasteiger partial charge in [-0.15, -0.1) is 0 Å². The fourth-order valence-corrected chi connectivity index (χ4v) is 2.42. The first-order valence-electron chi connectivity index (χ1n) is 7.10. The zero-order valence-electron chi connectivity index (χ0n) is 12.1. The van der Waals surface area contributed by atoms with E-state index < -0.39 is 5.97 Å². The molecule has 0 aliphatic carbocycles. The zero-order chi connectivity index (χ0) is 15.1. The maximum Gasteiger partial charge on any atom is 0.309 e. The summed E-state index contributed by atoms with van der Waals surface area (Å²) in [5.74, 6) is -1.37. The predicted octanol–water partition coefficient (Wildman–Crippen LogP) is 1.29. The molecule has 6 heteroatoms. The van der Waals surface area contributed by atoms with Gasteiger partial charge in [0.25, 0.3) is 0 Å². The van der Waals surface area contributed by atoms with Crippen molar-refractivity contribution < 1.29 is 24.2 Å². The molecule has 1 aliphatic rings. The van der Waals surface area contributed by atoms with Gasteiger partial charge in [0.1, 0.15) is 0 Å². The van der Waals surface area contributed by atoms with Gasteiger partial charge in [0.15, 0.2) is 0 Å². The van der Waals surface area contributed by atoms with Crippen molar-refractivity contribution in [3.05, 3.63) is 0 Å². The van der Waals surface area contributed by atoms with Crippen molar-refractivity contribution >= 4 is 17.8 Å². The Morgan fingerprint density at radius 2 is 1.85 bits per heavy atom. The second-order valence-electron chi connectivity index (χ2n) is 5.31. The molecule has 0 aromatic rings. The van der Waals surface area contributed by atoms with Crippen LogP contribution >= 0.6 is 0 Å². The smallest absolute Gasteiger partial charge is 0.309 e. The normalized spacial score (nSPS) is 17.6. The quantitative estimate of drug-likeness (QED) is 0.743. The lowest BCUT2D eigenvalue weighted by Crippen LogP contribution is -2.41. The van der Waals surface area contributed by atoms with E-state index >= 15 is 0 Å². The van der Waals surface area contributed by atoms with Crippen LogP contribution in [0, 0.1) is 11.8 Å². The van der Waals surface area contributed by atoms with Gasteiger partial charge in [-0.1, -0.05) is 6.92 Å². The van der Waals surface area contributed by atoms with E-state index in [1.54, 1.807) is 18.7 Å². The maximum atomic E-state index is 12.0. The van der Waals surface area contributed by atoms with Crippen molar-refractivity contribution in [1.82, 2.24) is 4.90 Å². The molecule has 1 aliphatic heterocycles. The Hall–Kier alpha value is -1.59. The summed E-state index contributed by atoms with van der Waals surface area (Å²) in [5.41, 5.74) is 0. The minimum absolute atomic E-state index is 0.00499. The Morgan fingerprint density at radius 3 is 2.35 bits per heavy atom. The number of rotatable bonds is 6. The van der Waals surface area contributed by atoms with E-state index in [0.717, 1.165) is 0 Å². The molecule has 1 rings (SSSR count). The van der Waals surface area contributed by atoms with Crippen LogP contribution in [0.5, 0.6) is 0 Å². The van der Waals surface area contributed by atoms with Crippen LogP contribution in [0.1, 0.15) is 39.5 Å². The van der Waals surface area contributed by atoms with Crippen LogP contribution in [0.25, 0.3) is 0 Å². The minimum Gasteiger partial charge on any atom is -0.481 e. The molecule has 0 aromatic carbocycles. The van der Waals surface area contributed by atoms with Crippen molar-refractivity contribution in [1.29, 1.82) is 0 Å². The highest BCUT2D eigenvalue weighted by Gasteiger charge is 2.28. The largest absolute Gasteiger partial charge is 0.481 e. The molecule has 0 radical (unpaired) electrons. The van der Waals surface area contributed by atoms with Crippen molar-refractivity contribution in [2.75, 3.05) is 19.7 Å². The van der Waals surface area contributed by atoms with E-state index in [1.165, 1.54) is 0 Å². The molecule has 0 saturated carbocycles. The van der Waals surface area contributed by atoms with E-state index in [1.807, 2.05) is 0 Å². The SMILES string of the molecule is CCOC(=O)C1CCN(C(=O)C[C@H](C)CC(=O)O)CC1. The number of nitrogens with zero attached hydrogens (tertiary/aromatic N) is 1. The van der Waals surface area contributed by atoms with E-state index in [0.29, 0.717) is 32.5 Å². The van der Waals surface area contributed by atoms with Gasteiger partial charge >= 0.3 is 11.9 Å². The molecule has 114 valence electrons. The number of carboxylic acids is 1. The monoisotopic (exact) mass is 285 g/mol. The van der Waals surface area contributed by atoms with Crippen LogP contribution in [-0.2, 0) is 19.1 Å². The fourth-order valence-electron chi connectivity index (χ4n) is 2.42. The summed E-state index contributed by atoms with van der Waals surface area (Å²) in [6.07, 6.45) is 1.50. The summed E-state index contributed by atoms with van der Waals surface area (Å²) in [6.45, 7) is 5.01. The van der Waals surface area contributed by atoms with Crippen LogP contribution in [0.4, 0.5) is 0 Å². The van der Waals surface area contributed by atoms with Crippen LogP contribution in [0.2, 0.25) is 0 Å². The second kappa shape index (κ2) is 7.87. The van der Waals surface area contributed by atoms with Gasteiger partial charge in [-0.05, 0) is 25.7 Å². The summed E-state index contributed by atoms with van der Waals surface area (Å²) in [7, 11) is 0. The highest BCUT2D eigenvalue weighted by atomic mass is 16.5.